The van der Waals surface area contributed by atoms with Crippen LogP contribution in [-0.2, 0) is 0 Å². The van der Waals surface area contributed by atoms with E-state index in [0.29, 0.717) is 0 Å². The maximum atomic E-state index is 4.45. The number of fused-ring (bicyclic) bond motifs is 1. The van der Waals surface area contributed by atoms with Crippen LogP contribution < -0.4 is 5.32 Å². The molecular weight excluding hydrogens is 234 g/mol. The Kier molecular flexibility index (Phi) is 3.94. The number of likely N-dealkylation sites (tertiary alicyclic amines) is 1. The van der Waals surface area contributed by atoms with Gasteiger partial charge in [0.15, 0.2) is 0 Å². The molecule has 19 heavy (non-hydrogen) atoms. The largest absolute Gasteiger partial charge is 0.370 e. The van der Waals surface area contributed by atoms with Crippen molar-refractivity contribution < 1.29 is 0 Å². The Morgan fingerprint density at radius 2 is 1.95 bits per heavy atom. The molecule has 2 heterocycles. The van der Waals surface area contributed by atoms with Gasteiger partial charge in [-0.25, -0.2) is 4.98 Å². The average molecular weight is 255 g/mol. The molecule has 0 unspecified atom stereocenters. The minimum absolute atomic E-state index is 0.998. The molecule has 100 valence electrons. The monoisotopic (exact) mass is 255 g/mol. The number of pyridine rings is 1. The molecular formula is C16H21N3. The molecule has 1 aliphatic rings. The van der Waals surface area contributed by atoms with Crippen LogP contribution in [-0.4, -0.2) is 36.1 Å². The summed E-state index contributed by atoms with van der Waals surface area (Å²) < 4.78 is 0. The van der Waals surface area contributed by atoms with Gasteiger partial charge in [0.05, 0.1) is 0 Å². The molecule has 0 bridgehead atoms. The summed E-state index contributed by atoms with van der Waals surface area (Å²) in [7, 11) is 0. The number of hydrogen-bond acceptors (Lipinski definition) is 3. The highest BCUT2D eigenvalue weighted by Crippen LogP contribution is 2.20. The van der Waals surface area contributed by atoms with E-state index in [1.54, 1.807) is 0 Å². The Morgan fingerprint density at radius 3 is 2.84 bits per heavy atom. The van der Waals surface area contributed by atoms with Crippen LogP contribution in [0, 0.1) is 0 Å². The topological polar surface area (TPSA) is 28.2 Å². The van der Waals surface area contributed by atoms with Crippen LogP contribution in [0.15, 0.2) is 36.5 Å². The van der Waals surface area contributed by atoms with Crippen molar-refractivity contribution in [2.45, 2.75) is 19.3 Å². The molecule has 1 aromatic heterocycles. The molecule has 1 aliphatic heterocycles. The van der Waals surface area contributed by atoms with Crippen molar-refractivity contribution >= 4 is 16.6 Å². The number of nitrogens with zero attached hydrogens (tertiary/aromatic N) is 2. The van der Waals surface area contributed by atoms with E-state index in [0.717, 1.165) is 12.4 Å². The second-order valence-corrected chi connectivity index (χ2v) is 5.21. The molecule has 3 rings (SSSR count). The lowest BCUT2D eigenvalue weighted by atomic mass is 10.1. The maximum absolute atomic E-state index is 4.45. The summed E-state index contributed by atoms with van der Waals surface area (Å²) >= 11 is 0. The van der Waals surface area contributed by atoms with Gasteiger partial charge in [0, 0.05) is 18.1 Å². The van der Waals surface area contributed by atoms with Crippen molar-refractivity contribution in [3.05, 3.63) is 36.5 Å². The van der Waals surface area contributed by atoms with Gasteiger partial charge >= 0.3 is 0 Å². The lowest BCUT2D eigenvalue weighted by Gasteiger charge is -2.14. The molecule has 3 nitrogen and oxygen atoms in total. The zero-order valence-electron chi connectivity index (χ0n) is 11.3. The Bertz CT molecular complexity index is 527. The standard InChI is InChI=1S/C16H21N3/c1-2-7-15-14(6-1)8-10-18-16(15)17-9-5-13-19-11-3-4-12-19/h1-2,6-8,10H,3-5,9,11-13H2,(H,17,18). The third-order valence-electron chi connectivity index (χ3n) is 3.82. The molecule has 0 aliphatic carbocycles. The van der Waals surface area contributed by atoms with Crippen molar-refractivity contribution in [3.63, 3.8) is 0 Å². The van der Waals surface area contributed by atoms with Crippen molar-refractivity contribution in [3.8, 4) is 0 Å². The first-order valence-corrected chi connectivity index (χ1v) is 7.23. The first-order chi connectivity index (χ1) is 9.43. The smallest absolute Gasteiger partial charge is 0.133 e. The highest BCUT2D eigenvalue weighted by Gasteiger charge is 2.10. The summed E-state index contributed by atoms with van der Waals surface area (Å²) in [5.41, 5.74) is 0. The quantitative estimate of drug-likeness (QED) is 0.832. The molecule has 1 aromatic carbocycles. The lowest BCUT2D eigenvalue weighted by Crippen LogP contribution is -2.22. The predicted molar refractivity (Wildman–Crippen MR) is 80.5 cm³/mol. The Balaban J connectivity index is 1.56. The lowest BCUT2D eigenvalue weighted by molar-refractivity contribution is 0.337. The summed E-state index contributed by atoms with van der Waals surface area (Å²) in [6.07, 6.45) is 5.81. The van der Waals surface area contributed by atoms with E-state index in [4.69, 9.17) is 0 Å². The molecule has 0 radical (unpaired) electrons. The van der Waals surface area contributed by atoms with Gasteiger partial charge in [-0.3, -0.25) is 0 Å². The van der Waals surface area contributed by atoms with E-state index in [2.05, 4.69) is 45.5 Å². The fraction of sp³-hybridized carbons (Fsp3) is 0.438. The SMILES string of the molecule is c1ccc2c(NCCCN3CCCC3)nccc2c1. The van der Waals surface area contributed by atoms with Crippen molar-refractivity contribution in [1.29, 1.82) is 0 Å². The first kappa shape index (κ1) is 12.4. The molecule has 1 saturated heterocycles. The summed E-state index contributed by atoms with van der Waals surface area (Å²) in [4.78, 5) is 7.01. The summed E-state index contributed by atoms with van der Waals surface area (Å²) in [6.45, 7) is 4.77. The Morgan fingerprint density at radius 1 is 1.11 bits per heavy atom. The number of nitrogens with one attached hydrogen (secondary N) is 1. The summed E-state index contributed by atoms with van der Waals surface area (Å²) in [6, 6.07) is 10.5. The third kappa shape index (κ3) is 3.04. The van der Waals surface area contributed by atoms with Gasteiger partial charge in [-0.05, 0) is 50.3 Å². The number of rotatable bonds is 5. The van der Waals surface area contributed by atoms with Crippen LogP contribution in [0.3, 0.4) is 0 Å². The van der Waals surface area contributed by atoms with Crippen molar-refractivity contribution in [2.75, 3.05) is 31.5 Å². The molecule has 1 fully saturated rings. The van der Waals surface area contributed by atoms with E-state index in [1.807, 2.05) is 6.20 Å². The van der Waals surface area contributed by atoms with E-state index in [1.165, 1.54) is 49.7 Å². The highest BCUT2D eigenvalue weighted by molar-refractivity contribution is 5.91. The number of aromatic nitrogens is 1. The molecule has 3 heteroatoms. The van der Waals surface area contributed by atoms with Gasteiger partial charge in [-0.15, -0.1) is 0 Å². The molecule has 1 N–H and O–H groups in total. The van der Waals surface area contributed by atoms with Crippen LogP contribution >= 0.6 is 0 Å². The Hall–Kier alpha value is -1.61. The van der Waals surface area contributed by atoms with Gasteiger partial charge in [0.2, 0.25) is 0 Å². The van der Waals surface area contributed by atoms with E-state index in [-0.39, 0.29) is 0 Å². The Labute approximate surface area is 114 Å². The fourth-order valence-electron chi connectivity index (χ4n) is 2.78. The highest BCUT2D eigenvalue weighted by atomic mass is 15.1. The third-order valence-corrected chi connectivity index (χ3v) is 3.82. The molecule has 2 aromatic rings. The van der Waals surface area contributed by atoms with Crippen molar-refractivity contribution in [2.24, 2.45) is 0 Å². The summed E-state index contributed by atoms with van der Waals surface area (Å²) in [5, 5.41) is 5.94. The van der Waals surface area contributed by atoms with E-state index in [9.17, 15) is 0 Å². The second-order valence-electron chi connectivity index (χ2n) is 5.21. The molecule has 0 atom stereocenters. The molecule has 0 saturated carbocycles. The van der Waals surface area contributed by atoms with Gasteiger partial charge < -0.3 is 10.2 Å². The minimum Gasteiger partial charge on any atom is -0.370 e. The number of benzene rings is 1. The van der Waals surface area contributed by atoms with Crippen LogP contribution in [0.5, 0.6) is 0 Å². The van der Waals surface area contributed by atoms with Gasteiger partial charge in [-0.2, -0.15) is 0 Å². The number of anilines is 1. The predicted octanol–water partition coefficient (Wildman–Crippen LogP) is 3.13. The normalized spacial score (nSPS) is 16.0. The fourth-order valence-corrected chi connectivity index (χ4v) is 2.78. The molecule has 0 amide bonds. The summed E-state index contributed by atoms with van der Waals surface area (Å²) in [5.74, 6) is 1.01. The average Bonchev–Trinajstić information content (AvgIpc) is 2.97. The zero-order valence-corrected chi connectivity index (χ0v) is 11.3. The maximum Gasteiger partial charge on any atom is 0.133 e. The molecule has 0 spiro atoms. The van der Waals surface area contributed by atoms with Crippen LogP contribution in [0.25, 0.3) is 10.8 Å². The van der Waals surface area contributed by atoms with Crippen LogP contribution in [0.4, 0.5) is 5.82 Å². The van der Waals surface area contributed by atoms with Gasteiger partial charge in [-0.1, -0.05) is 24.3 Å². The van der Waals surface area contributed by atoms with Gasteiger partial charge in [0.1, 0.15) is 5.82 Å². The van der Waals surface area contributed by atoms with Crippen LogP contribution in [0.2, 0.25) is 0 Å². The first-order valence-electron chi connectivity index (χ1n) is 7.23. The minimum atomic E-state index is 0.998. The van der Waals surface area contributed by atoms with E-state index >= 15 is 0 Å². The van der Waals surface area contributed by atoms with E-state index < -0.39 is 0 Å². The van der Waals surface area contributed by atoms with Crippen molar-refractivity contribution in [1.82, 2.24) is 9.88 Å². The second kappa shape index (κ2) is 6.02. The van der Waals surface area contributed by atoms with Gasteiger partial charge in [0.25, 0.3) is 0 Å². The van der Waals surface area contributed by atoms with Crippen LogP contribution in [0.1, 0.15) is 19.3 Å². The number of hydrogen-bond donors (Lipinski definition) is 1. The zero-order chi connectivity index (χ0) is 12.9.